The third kappa shape index (κ3) is 2.13. The number of likely N-dealkylation sites (N-methyl/N-ethyl adjacent to an activating group) is 2. The van der Waals surface area contributed by atoms with Gasteiger partial charge in [-0.1, -0.05) is 0 Å². The van der Waals surface area contributed by atoms with Crippen molar-refractivity contribution in [2.24, 2.45) is 5.92 Å². The third-order valence-corrected chi connectivity index (χ3v) is 5.23. The molecule has 2 amide bonds. The quantitative estimate of drug-likeness (QED) is 0.870. The maximum Gasteiger partial charge on any atom is 0.254 e. The SMILES string of the molecule is CNC(=O)[C@@H]1C[C@H]2CN(C(=O)c3ccsc3)C[C@H]2N1C. The second-order valence-corrected chi connectivity index (χ2v) is 6.36. The molecule has 108 valence electrons. The van der Waals surface area contributed by atoms with E-state index >= 15 is 0 Å². The van der Waals surface area contributed by atoms with Crippen LogP contribution < -0.4 is 5.32 Å². The highest BCUT2D eigenvalue weighted by Crippen LogP contribution is 2.35. The standard InChI is InChI=1S/C14H19N3O2S/c1-15-13(18)11-5-10-6-17(7-12(10)16(11)2)14(19)9-3-4-20-8-9/h3-4,8,10-12H,5-7H2,1-2H3,(H,15,18)/t10-,11-,12+/m0/s1. The van der Waals surface area contributed by atoms with E-state index in [0.29, 0.717) is 12.0 Å². The molecule has 0 unspecified atom stereocenters. The summed E-state index contributed by atoms with van der Waals surface area (Å²) in [6.07, 6.45) is 0.842. The molecule has 3 heterocycles. The number of fused-ring (bicyclic) bond motifs is 1. The first-order chi connectivity index (χ1) is 9.61. The van der Waals surface area contributed by atoms with Crippen LogP contribution in [0.25, 0.3) is 0 Å². The monoisotopic (exact) mass is 293 g/mol. The highest BCUT2D eigenvalue weighted by molar-refractivity contribution is 7.08. The molecule has 0 spiro atoms. The van der Waals surface area contributed by atoms with E-state index < -0.39 is 0 Å². The summed E-state index contributed by atoms with van der Waals surface area (Å²) in [6, 6.07) is 2.13. The fourth-order valence-corrected chi connectivity index (χ4v) is 4.05. The number of carbonyl (C=O) groups excluding carboxylic acids is 2. The molecule has 2 aliphatic rings. The Labute approximate surface area is 122 Å². The zero-order valence-corrected chi connectivity index (χ0v) is 12.5. The van der Waals surface area contributed by atoms with Crippen LogP contribution in [-0.4, -0.2) is 60.9 Å². The van der Waals surface area contributed by atoms with E-state index in [9.17, 15) is 9.59 Å². The Bertz CT molecular complexity index is 516. The van der Waals surface area contributed by atoms with E-state index in [2.05, 4.69) is 10.2 Å². The molecule has 1 aromatic rings. The Kier molecular flexibility index (Phi) is 3.52. The minimum absolute atomic E-state index is 0.0478. The van der Waals surface area contributed by atoms with Crippen LogP contribution in [0.3, 0.4) is 0 Å². The van der Waals surface area contributed by atoms with Crippen LogP contribution in [-0.2, 0) is 4.79 Å². The highest BCUT2D eigenvalue weighted by Gasteiger charge is 2.47. The van der Waals surface area contributed by atoms with Crippen LogP contribution in [0.2, 0.25) is 0 Å². The lowest BCUT2D eigenvalue weighted by Gasteiger charge is -2.25. The maximum atomic E-state index is 12.4. The molecule has 2 fully saturated rings. The Balaban J connectivity index is 1.68. The lowest BCUT2D eigenvalue weighted by Crippen LogP contribution is -2.45. The second-order valence-electron chi connectivity index (χ2n) is 5.58. The van der Waals surface area contributed by atoms with E-state index in [-0.39, 0.29) is 17.9 Å². The summed E-state index contributed by atoms with van der Waals surface area (Å²) in [4.78, 5) is 28.2. The Morgan fingerprint density at radius 2 is 2.20 bits per heavy atom. The van der Waals surface area contributed by atoms with Crippen molar-refractivity contribution in [2.45, 2.75) is 18.5 Å². The number of amides is 2. The van der Waals surface area contributed by atoms with Crippen LogP contribution in [0.5, 0.6) is 0 Å². The zero-order chi connectivity index (χ0) is 14.3. The number of likely N-dealkylation sites (tertiary alicyclic amines) is 2. The lowest BCUT2D eigenvalue weighted by atomic mass is 10.0. The Morgan fingerprint density at radius 3 is 2.80 bits per heavy atom. The summed E-state index contributed by atoms with van der Waals surface area (Å²) in [5.74, 6) is 0.605. The van der Waals surface area contributed by atoms with Crippen LogP contribution in [0.1, 0.15) is 16.8 Å². The fourth-order valence-electron chi connectivity index (χ4n) is 3.42. The first kappa shape index (κ1) is 13.6. The Morgan fingerprint density at radius 1 is 1.40 bits per heavy atom. The average Bonchev–Trinajstić information content (AvgIpc) is 3.15. The van der Waals surface area contributed by atoms with E-state index in [1.807, 2.05) is 28.8 Å². The number of nitrogens with one attached hydrogen (secondary N) is 1. The van der Waals surface area contributed by atoms with Gasteiger partial charge in [-0.25, -0.2) is 0 Å². The number of hydrogen-bond acceptors (Lipinski definition) is 4. The van der Waals surface area contributed by atoms with Gasteiger partial charge in [-0.3, -0.25) is 14.5 Å². The van der Waals surface area contributed by atoms with Gasteiger partial charge in [0.25, 0.3) is 5.91 Å². The van der Waals surface area contributed by atoms with Crippen molar-refractivity contribution in [2.75, 3.05) is 27.2 Å². The molecule has 3 atom stereocenters. The molecular formula is C14H19N3O2S. The summed E-state index contributed by atoms with van der Waals surface area (Å²) in [7, 11) is 3.67. The summed E-state index contributed by atoms with van der Waals surface area (Å²) in [6.45, 7) is 1.49. The van der Waals surface area contributed by atoms with Crippen LogP contribution >= 0.6 is 11.3 Å². The predicted octanol–water partition coefficient (Wildman–Crippen LogP) is 0.639. The first-order valence-electron chi connectivity index (χ1n) is 6.87. The van der Waals surface area contributed by atoms with Crippen LogP contribution in [0.15, 0.2) is 16.8 Å². The van der Waals surface area contributed by atoms with E-state index in [4.69, 9.17) is 0 Å². The topological polar surface area (TPSA) is 52.7 Å². The van der Waals surface area contributed by atoms with Gasteiger partial charge in [-0.15, -0.1) is 0 Å². The molecule has 1 N–H and O–H groups in total. The number of rotatable bonds is 2. The van der Waals surface area contributed by atoms with Crippen molar-refractivity contribution in [3.05, 3.63) is 22.4 Å². The van der Waals surface area contributed by atoms with Gasteiger partial charge in [0, 0.05) is 31.6 Å². The molecule has 5 nitrogen and oxygen atoms in total. The summed E-state index contributed by atoms with van der Waals surface area (Å²) < 4.78 is 0. The molecule has 6 heteroatoms. The molecule has 0 aliphatic carbocycles. The van der Waals surface area contributed by atoms with Gasteiger partial charge in [-0.2, -0.15) is 11.3 Å². The van der Waals surface area contributed by atoms with Crippen molar-refractivity contribution in [3.8, 4) is 0 Å². The van der Waals surface area contributed by atoms with Crippen molar-refractivity contribution in [1.82, 2.24) is 15.1 Å². The van der Waals surface area contributed by atoms with Gasteiger partial charge in [-0.05, 0) is 30.8 Å². The van der Waals surface area contributed by atoms with Gasteiger partial charge < -0.3 is 10.2 Å². The molecular weight excluding hydrogens is 274 g/mol. The van der Waals surface area contributed by atoms with E-state index in [1.54, 1.807) is 18.4 Å². The predicted molar refractivity (Wildman–Crippen MR) is 77.7 cm³/mol. The van der Waals surface area contributed by atoms with Gasteiger partial charge in [0.2, 0.25) is 5.91 Å². The Hall–Kier alpha value is -1.40. The van der Waals surface area contributed by atoms with Gasteiger partial charge >= 0.3 is 0 Å². The molecule has 0 saturated carbocycles. The highest BCUT2D eigenvalue weighted by atomic mass is 32.1. The summed E-state index contributed by atoms with van der Waals surface area (Å²) in [5, 5.41) is 6.55. The second kappa shape index (κ2) is 5.18. The molecule has 0 aromatic carbocycles. The molecule has 3 rings (SSSR count). The summed E-state index contributed by atoms with van der Waals surface area (Å²) in [5.41, 5.74) is 0.778. The number of hydrogen-bond donors (Lipinski definition) is 1. The molecule has 2 saturated heterocycles. The number of carbonyl (C=O) groups is 2. The number of nitrogens with zero attached hydrogens (tertiary/aromatic N) is 2. The number of thiophene rings is 1. The smallest absolute Gasteiger partial charge is 0.254 e. The minimum Gasteiger partial charge on any atom is -0.358 e. The van der Waals surface area contributed by atoms with Crippen molar-refractivity contribution >= 4 is 23.2 Å². The van der Waals surface area contributed by atoms with Crippen LogP contribution in [0.4, 0.5) is 0 Å². The van der Waals surface area contributed by atoms with Crippen LogP contribution in [0, 0.1) is 5.92 Å². The molecule has 20 heavy (non-hydrogen) atoms. The molecule has 0 radical (unpaired) electrons. The van der Waals surface area contributed by atoms with Crippen molar-refractivity contribution in [3.63, 3.8) is 0 Å². The molecule has 0 bridgehead atoms. The van der Waals surface area contributed by atoms with Crippen molar-refractivity contribution < 1.29 is 9.59 Å². The zero-order valence-electron chi connectivity index (χ0n) is 11.7. The summed E-state index contributed by atoms with van der Waals surface area (Å²) >= 11 is 1.55. The van der Waals surface area contributed by atoms with Gasteiger partial charge in [0.1, 0.15) is 0 Å². The third-order valence-electron chi connectivity index (χ3n) is 4.55. The normalized spacial score (nSPS) is 29.5. The van der Waals surface area contributed by atoms with Gasteiger partial charge in [0.05, 0.1) is 11.6 Å². The maximum absolute atomic E-state index is 12.4. The minimum atomic E-state index is -0.0478. The lowest BCUT2D eigenvalue weighted by molar-refractivity contribution is -0.125. The van der Waals surface area contributed by atoms with Gasteiger partial charge in [0.15, 0.2) is 0 Å². The van der Waals surface area contributed by atoms with E-state index in [1.165, 1.54) is 0 Å². The molecule has 2 aliphatic heterocycles. The first-order valence-corrected chi connectivity index (χ1v) is 7.81. The van der Waals surface area contributed by atoms with E-state index in [0.717, 1.165) is 25.1 Å². The molecule has 1 aromatic heterocycles. The largest absolute Gasteiger partial charge is 0.358 e. The fraction of sp³-hybridized carbons (Fsp3) is 0.571. The van der Waals surface area contributed by atoms with Crippen molar-refractivity contribution in [1.29, 1.82) is 0 Å². The average molecular weight is 293 g/mol.